The van der Waals surface area contributed by atoms with Gasteiger partial charge in [0.15, 0.2) is 5.11 Å². The third-order valence-corrected chi connectivity index (χ3v) is 7.84. The van der Waals surface area contributed by atoms with Gasteiger partial charge in [-0.2, -0.15) is 0 Å². The van der Waals surface area contributed by atoms with E-state index in [9.17, 15) is 8.42 Å². The number of thiocarbonyl (C=S) groups is 1. The summed E-state index contributed by atoms with van der Waals surface area (Å²) in [6.07, 6.45) is 2.89. The fraction of sp³-hybridized carbons (Fsp3) is 0.241. The fourth-order valence-electron chi connectivity index (χ4n) is 5.25. The van der Waals surface area contributed by atoms with Gasteiger partial charge in [0.05, 0.1) is 36.8 Å². The summed E-state index contributed by atoms with van der Waals surface area (Å²) in [5.74, 6) is 0.414. The molecule has 0 radical (unpaired) electrons. The van der Waals surface area contributed by atoms with Crippen molar-refractivity contribution in [2.45, 2.75) is 32.9 Å². The maximum Gasteiger partial charge on any atom is 0.229 e. The monoisotopic (exact) mass is 561 g/mol. The van der Waals surface area contributed by atoms with E-state index >= 15 is 0 Å². The number of methoxy groups -OCH3 is 1. The SMILES string of the molecule is COc1ccc(N2C(=S)N[C@H](c3ccccn3)[C@H]2c2cc(C)n(-c3ccc(C)cc3)c2C)cc1NS(C)(=O)=O. The number of rotatable bonds is 7. The average molecular weight is 562 g/mol. The van der Waals surface area contributed by atoms with Crippen molar-refractivity contribution in [1.82, 2.24) is 14.9 Å². The van der Waals surface area contributed by atoms with Crippen molar-refractivity contribution in [3.63, 3.8) is 0 Å². The Balaban J connectivity index is 1.68. The Bertz CT molecular complexity index is 1630. The van der Waals surface area contributed by atoms with Gasteiger partial charge in [-0.3, -0.25) is 9.71 Å². The third-order valence-electron chi connectivity index (χ3n) is 6.94. The van der Waals surface area contributed by atoms with Crippen LogP contribution in [0.2, 0.25) is 0 Å². The zero-order valence-corrected chi connectivity index (χ0v) is 24.1. The maximum absolute atomic E-state index is 12.1. The van der Waals surface area contributed by atoms with Crippen molar-refractivity contribution < 1.29 is 13.2 Å². The Kier molecular flexibility index (Phi) is 7.09. The number of hydrogen-bond acceptors (Lipinski definition) is 5. The summed E-state index contributed by atoms with van der Waals surface area (Å²) < 4.78 is 34.4. The quantitative estimate of drug-likeness (QED) is 0.294. The molecule has 1 fully saturated rings. The molecule has 1 saturated heterocycles. The Morgan fingerprint density at radius 2 is 1.72 bits per heavy atom. The second kappa shape index (κ2) is 10.3. The number of hydrogen-bond donors (Lipinski definition) is 2. The lowest BCUT2D eigenvalue weighted by molar-refractivity contribution is 0.417. The summed E-state index contributed by atoms with van der Waals surface area (Å²) in [5.41, 5.74) is 7.47. The van der Waals surface area contributed by atoms with Crippen LogP contribution in [0, 0.1) is 20.8 Å². The molecular formula is C29H31N5O3S2. The number of anilines is 2. The summed E-state index contributed by atoms with van der Waals surface area (Å²) in [5, 5.41) is 4.00. The van der Waals surface area contributed by atoms with E-state index in [1.807, 2.05) is 29.2 Å². The molecule has 8 nitrogen and oxygen atoms in total. The van der Waals surface area contributed by atoms with E-state index in [2.05, 4.69) is 70.7 Å². The van der Waals surface area contributed by atoms with Gasteiger partial charge in [-0.25, -0.2) is 8.42 Å². The molecule has 4 aromatic rings. The first kappa shape index (κ1) is 26.7. The zero-order chi connectivity index (χ0) is 27.9. The second-order valence-corrected chi connectivity index (χ2v) is 11.9. The Hall–Kier alpha value is -3.89. The molecule has 0 bridgehead atoms. The zero-order valence-electron chi connectivity index (χ0n) is 22.5. The van der Waals surface area contributed by atoms with E-state index in [4.69, 9.17) is 17.0 Å². The highest BCUT2D eigenvalue weighted by Crippen LogP contribution is 2.45. The van der Waals surface area contributed by atoms with E-state index in [0.29, 0.717) is 16.5 Å². The molecule has 2 aromatic carbocycles. The van der Waals surface area contributed by atoms with Crippen molar-refractivity contribution in [1.29, 1.82) is 0 Å². The van der Waals surface area contributed by atoms with E-state index in [1.165, 1.54) is 12.7 Å². The van der Waals surface area contributed by atoms with Crippen molar-refractivity contribution in [2.75, 3.05) is 23.0 Å². The Morgan fingerprint density at radius 3 is 2.36 bits per heavy atom. The van der Waals surface area contributed by atoms with Gasteiger partial charge in [0.2, 0.25) is 10.0 Å². The van der Waals surface area contributed by atoms with Crippen LogP contribution in [-0.4, -0.2) is 36.4 Å². The summed E-state index contributed by atoms with van der Waals surface area (Å²) in [4.78, 5) is 6.68. The minimum Gasteiger partial charge on any atom is -0.495 e. The van der Waals surface area contributed by atoms with Crippen LogP contribution in [0.25, 0.3) is 5.69 Å². The van der Waals surface area contributed by atoms with Crippen LogP contribution in [0.3, 0.4) is 0 Å². The molecule has 0 amide bonds. The molecular weight excluding hydrogens is 530 g/mol. The van der Waals surface area contributed by atoms with E-state index in [-0.39, 0.29) is 12.1 Å². The van der Waals surface area contributed by atoms with Crippen LogP contribution in [0.4, 0.5) is 11.4 Å². The second-order valence-electron chi connectivity index (χ2n) is 9.75. The topological polar surface area (TPSA) is 88.5 Å². The van der Waals surface area contributed by atoms with Crippen LogP contribution >= 0.6 is 12.2 Å². The standard InChI is InChI=1S/C29H31N5O3S2/c1-18-9-11-21(12-10-18)33-19(2)16-23(20(33)3)28-27(24-8-6-7-15-30-24)31-29(38)34(28)22-13-14-26(37-4)25(17-22)32-39(5,35)36/h6-17,27-28,32H,1-5H3,(H,31,38)/t27-,28-/m1/s1. The summed E-state index contributed by atoms with van der Waals surface area (Å²) in [6, 6.07) is 21.4. The predicted molar refractivity (Wildman–Crippen MR) is 159 cm³/mol. The van der Waals surface area contributed by atoms with Crippen LogP contribution in [-0.2, 0) is 10.0 Å². The van der Waals surface area contributed by atoms with E-state index in [1.54, 1.807) is 18.3 Å². The van der Waals surface area contributed by atoms with Gasteiger partial charge in [-0.1, -0.05) is 23.8 Å². The lowest BCUT2D eigenvalue weighted by atomic mass is 9.96. The van der Waals surface area contributed by atoms with Crippen LogP contribution in [0.15, 0.2) is 72.9 Å². The van der Waals surface area contributed by atoms with Crippen LogP contribution in [0.5, 0.6) is 5.75 Å². The lowest BCUT2D eigenvalue weighted by Crippen LogP contribution is -2.29. The molecule has 0 aliphatic carbocycles. The van der Waals surface area contributed by atoms with Gasteiger partial charge < -0.3 is 19.5 Å². The van der Waals surface area contributed by atoms with Crippen molar-refractivity contribution in [3.05, 3.63) is 101 Å². The highest BCUT2D eigenvalue weighted by molar-refractivity contribution is 7.92. The number of nitrogens with one attached hydrogen (secondary N) is 2. The molecule has 2 N–H and O–H groups in total. The van der Waals surface area contributed by atoms with Gasteiger partial charge in [-0.15, -0.1) is 0 Å². The van der Waals surface area contributed by atoms with Gasteiger partial charge in [0, 0.05) is 29.0 Å². The van der Waals surface area contributed by atoms with Crippen LogP contribution in [0.1, 0.15) is 40.3 Å². The maximum atomic E-state index is 12.1. The summed E-state index contributed by atoms with van der Waals surface area (Å²) in [6.45, 7) is 6.29. The van der Waals surface area contributed by atoms with Crippen LogP contribution < -0.4 is 19.7 Å². The van der Waals surface area contributed by atoms with Gasteiger partial charge in [0.1, 0.15) is 5.75 Å². The number of sulfonamides is 1. The predicted octanol–water partition coefficient (Wildman–Crippen LogP) is 5.35. The van der Waals surface area contributed by atoms with E-state index < -0.39 is 10.0 Å². The first-order chi connectivity index (χ1) is 18.6. The number of nitrogens with zero attached hydrogens (tertiary/aromatic N) is 3. The fourth-order valence-corrected chi connectivity index (χ4v) is 6.16. The molecule has 5 rings (SSSR count). The number of aryl methyl sites for hydroxylation is 2. The number of aromatic nitrogens is 2. The first-order valence-corrected chi connectivity index (χ1v) is 14.8. The number of benzene rings is 2. The lowest BCUT2D eigenvalue weighted by Gasteiger charge is -2.29. The highest BCUT2D eigenvalue weighted by Gasteiger charge is 2.42. The highest BCUT2D eigenvalue weighted by atomic mass is 32.2. The molecule has 2 aromatic heterocycles. The molecule has 2 atom stereocenters. The van der Waals surface area contributed by atoms with Gasteiger partial charge in [-0.05, 0) is 87.1 Å². The number of pyridine rings is 1. The molecule has 1 aliphatic rings. The molecule has 1 aliphatic heterocycles. The van der Waals surface area contributed by atoms with E-state index in [0.717, 1.165) is 40.3 Å². The minimum absolute atomic E-state index is 0.237. The summed E-state index contributed by atoms with van der Waals surface area (Å²) >= 11 is 5.89. The molecule has 0 saturated carbocycles. The number of ether oxygens (including phenoxy) is 1. The minimum atomic E-state index is -3.54. The first-order valence-electron chi connectivity index (χ1n) is 12.5. The van der Waals surface area contributed by atoms with Gasteiger partial charge >= 0.3 is 0 Å². The molecule has 39 heavy (non-hydrogen) atoms. The summed E-state index contributed by atoms with van der Waals surface area (Å²) in [7, 11) is -2.03. The molecule has 10 heteroatoms. The van der Waals surface area contributed by atoms with Crippen molar-refractivity contribution in [3.8, 4) is 11.4 Å². The normalized spacial score (nSPS) is 17.3. The Morgan fingerprint density at radius 1 is 1.00 bits per heavy atom. The van der Waals surface area contributed by atoms with Crippen molar-refractivity contribution >= 4 is 38.7 Å². The largest absolute Gasteiger partial charge is 0.495 e. The molecule has 0 spiro atoms. The molecule has 202 valence electrons. The van der Waals surface area contributed by atoms with Crippen molar-refractivity contribution in [2.24, 2.45) is 0 Å². The average Bonchev–Trinajstić information content (AvgIpc) is 3.39. The molecule has 0 unspecified atom stereocenters. The third kappa shape index (κ3) is 5.22. The smallest absolute Gasteiger partial charge is 0.229 e. The Labute approximate surface area is 234 Å². The van der Waals surface area contributed by atoms with Gasteiger partial charge in [0.25, 0.3) is 0 Å². The molecule has 3 heterocycles.